The monoisotopic (exact) mass is 378 g/mol. The molecule has 4 nitrogen and oxygen atoms in total. The summed E-state index contributed by atoms with van der Waals surface area (Å²) in [6.07, 6.45) is 0.747. The standard InChI is InChI=1S/C24H26O4/c1-14-6-7-15(2)19(12-14)13-27-22-11-10-20-17(4)21(9-8-16(3)25)24(26)28-23(20)18(22)5/h6-7,10-12H,8-9,13H2,1-5H3. The largest absolute Gasteiger partial charge is 0.488 e. The topological polar surface area (TPSA) is 56.5 Å². The SMILES string of the molecule is CC(=O)CCc1c(C)c2ccc(OCc3cc(C)ccc3C)c(C)c2oc1=O. The number of rotatable bonds is 6. The predicted octanol–water partition coefficient (Wildman–Crippen LogP) is 5.13. The number of fused-ring (bicyclic) bond motifs is 1. The lowest BCUT2D eigenvalue weighted by Gasteiger charge is -2.14. The molecule has 4 heteroatoms. The minimum Gasteiger partial charge on any atom is -0.488 e. The quantitative estimate of drug-likeness (QED) is 0.558. The molecule has 2 aromatic carbocycles. The first-order valence-electron chi connectivity index (χ1n) is 9.52. The van der Waals surface area contributed by atoms with Crippen molar-refractivity contribution < 1.29 is 13.9 Å². The summed E-state index contributed by atoms with van der Waals surface area (Å²) in [6, 6.07) is 10.1. The summed E-state index contributed by atoms with van der Waals surface area (Å²) in [5.41, 5.74) is 5.94. The fraction of sp³-hybridized carbons (Fsp3) is 0.333. The molecule has 0 saturated carbocycles. The smallest absolute Gasteiger partial charge is 0.339 e. The number of Topliss-reactive ketones (excluding diaryl/α,β-unsaturated/α-hetero) is 1. The molecule has 28 heavy (non-hydrogen) atoms. The van der Waals surface area contributed by atoms with E-state index in [9.17, 15) is 9.59 Å². The molecule has 0 saturated heterocycles. The molecule has 1 aromatic heterocycles. The minimum atomic E-state index is -0.374. The average Bonchev–Trinajstić information content (AvgIpc) is 2.64. The van der Waals surface area contributed by atoms with Crippen molar-refractivity contribution in [2.45, 2.75) is 54.1 Å². The van der Waals surface area contributed by atoms with Gasteiger partial charge in [-0.15, -0.1) is 0 Å². The second kappa shape index (κ2) is 8.01. The van der Waals surface area contributed by atoms with E-state index in [0.717, 1.165) is 22.1 Å². The third-order valence-electron chi connectivity index (χ3n) is 5.27. The summed E-state index contributed by atoms with van der Waals surface area (Å²) in [5, 5.41) is 0.884. The van der Waals surface area contributed by atoms with Crippen LogP contribution < -0.4 is 10.4 Å². The number of carbonyl (C=O) groups is 1. The van der Waals surface area contributed by atoms with Crippen molar-refractivity contribution in [2.24, 2.45) is 0 Å². The van der Waals surface area contributed by atoms with Gasteiger partial charge in [-0.3, -0.25) is 0 Å². The van der Waals surface area contributed by atoms with Crippen LogP contribution in [-0.2, 0) is 17.8 Å². The van der Waals surface area contributed by atoms with E-state index in [1.807, 2.05) is 26.0 Å². The van der Waals surface area contributed by atoms with Gasteiger partial charge < -0.3 is 13.9 Å². The Morgan fingerprint density at radius 1 is 1.04 bits per heavy atom. The molecule has 0 aliphatic heterocycles. The molecule has 3 rings (SSSR count). The van der Waals surface area contributed by atoms with E-state index in [1.54, 1.807) is 0 Å². The van der Waals surface area contributed by atoms with Crippen molar-refractivity contribution in [3.63, 3.8) is 0 Å². The summed E-state index contributed by atoms with van der Waals surface area (Å²) in [4.78, 5) is 23.8. The summed E-state index contributed by atoms with van der Waals surface area (Å²) in [6.45, 7) is 9.92. The number of ketones is 1. The second-order valence-corrected chi connectivity index (χ2v) is 7.48. The summed E-state index contributed by atoms with van der Waals surface area (Å²) in [5.74, 6) is 0.762. The van der Waals surface area contributed by atoms with Gasteiger partial charge >= 0.3 is 5.63 Å². The molecule has 0 spiro atoms. The molecule has 0 bridgehead atoms. The molecule has 146 valence electrons. The lowest BCUT2D eigenvalue weighted by Crippen LogP contribution is -2.12. The van der Waals surface area contributed by atoms with Crippen LogP contribution in [0.2, 0.25) is 0 Å². The van der Waals surface area contributed by atoms with Gasteiger partial charge in [-0.1, -0.05) is 23.8 Å². The highest BCUT2D eigenvalue weighted by Crippen LogP contribution is 2.30. The molecular formula is C24H26O4. The molecule has 0 unspecified atom stereocenters. The molecule has 0 aliphatic carbocycles. The van der Waals surface area contributed by atoms with Gasteiger partial charge in [0.05, 0.1) is 0 Å². The zero-order chi connectivity index (χ0) is 20.4. The predicted molar refractivity (Wildman–Crippen MR) is 111 cm³/mol. The minimum absolute atomic E-state index is 0.0604. The van der Waals surface area contributed by atoms with Crippen LogP contribution in [-0.4, -0.2) is 5.78 Å². The van der Waals surface area contributed by atoms with Crippen LogP contribution in [0.5, 0.6) is 5.75 Å². The lowest BCUT2D eigenvalue weighted by atomic mass is 9.99. The van der Waals surface area contributed by atoms with Crippen LogP contribution in [0.15, 0.2) is 39.5 Å². The van der Waals surface area contributed by atoms with Gasteiger partial charge in [-0.25, -0.2) is 4.79 Å². The van der Waals surface area contributed by atoms with Crippen molar-refractivity contribution >= 4 is 16.8 Å². The zero-order valence-corrected chi connectivity index (χ0v) is 17.1. The van der Waals surface area contributed by atoms with Gasteiger partial charge in [0.1, 0.15) is 23.7 Å². The van der Waals surface area contributed by atoms with Crippen LogP contribution in [0, 0.1) is 27.7 Å². The van der Waals surface area contributed by atoms with E-state index >= 15 is 0 Å². The molecule has 1 heterocycles. The van der Waals surface area contributed by atoms with Gasteiger partial charge in [0.2, 0.25) is 0 Å². The van der Waals surface area contributed by atoms with Crippen molar-refractivity contribution in [1.29, 1.82) is 0 Å². The Bertz CT molecular complexity index is 1110. The maximum atomic E-state index is 12.5. The van der Waals surface area contributed by atoms with E-state index in [2.05, 4.69) is 32.0 Å². The summed E-state index contributed by atoms with van der Waals surface area (Å²) < 4.78 is 11.7. The summed E-state index contributed by atoms with van der Waals surface area (Å²) >= 11 is 0. The maximum absolute atomic E-state index is 12.5. The van der Waals surface area contributed by atoms with Crippen LogP contribution in [0.4, 0.5) is 0 Å². The number of benzene rings is 2. The van der Waals surface area contributed by atoms with Gasteiger partial charge in [0, 0.05) is 22.9 Å². The Hall–Kier alpha value is -2.88. The first kappa shape index (κ1) is 19.9. The van der Waals surface area contributed by atoms with E-state index in [4.69, 9.17) is 9.15 Å². The normalized spacial score (nSPS) is 11.0. The van der Waals surface area contributed by atoms with Crippen LogP contribution in [0.3, 0.4) is 0 Å². The molecule has 0 fully saturated rings. The van der Waals surface area contributed by atoms with Gasteiger partial charge in [-0.2, -0.15) is 0 Å². The zero-order valence-electron chi connectivity index (χ0n) is 17.1. The maximum Gasteiger partial charge on any atom is 0.339 e. The van der Waals surface area contributed by atoms with E-state index < -0.39 is 0 Å². The Morgan fingerprint density at radius 3 is 2.50 bits per heavy atom. The number of hydrogen-bond donors (Lipinski definition) is 0. The van der Waals surface area contributed by atoms with E-state index in [0.29, 0.717) is 36.3 Å². The molecule has 0 amide bonds. The summed E-state index contributed by atoms with van der Waals surface area (Å²) in [7, 11) is 0. The number of hydrogen-bond acceptors (Lipinski definition) is 4. The third-order valence-corrected chi connectivity index (χ3v) is 5.27. The second-order valence-electron chi connectivity index (χ2n) is 7.48. The number of carbonyl (C=O) groups excluding carboxylic acids is 1. The van der Waals surface area contributed by atoms with Crippen molar-refractivity contribution in [3.05, 3.63) is 74.1 Å². The molecule has 0 radical (unpaired) electrons. The molecule has 0 N–H and O–H groups in total. The highest BCUT2D eigenvalue weighted by Gasteiger charge is 2.16. The average molecular weight is 378 g/mol. The Labute approximate surface area is 165 Å². The van der Waals surface area contributed by atoms with E-state index in [-0.39, 0.29) is 11.4 Å². The number of ether oxygens (including phenoxy) is 1. The highest BCUT2D eigenvalue weighted by molar-refractivity contribution is 5.85. The Kier molecular flexibility index (Phi) is 5.68. The van der Waals surface area contributed by atoms with Gasteiger partial charge in [-0.05, 0) is 69.9 Å². The van der Waals surface area contributed by atoms with Crippen LogP contribution in [0.25, 0.3) is 11.0 Å². The molecule has 0 atom stereocenters. The Morgan fingerprint density at radius 2 is 1.79 bits per heavy atom. The van der Waals surface area contributed by atoms with Crippen molar-refractivity contribution in [3.8, 4) is 5.75 Å². The van der Waals surface area contributed by atoms with Gasteiger partial charge in [0.15, 0.2) is 0 Å². The first-order chi connectivity index (χ1) is 13.3. The van der Waals surface area contributed by atoms with Crippen LogP contribution in [0.1, 0.15) is 46.7 Å². The highest BCUT2D eigenvalue weighted by atomic mass is 16.5. The molecular weight excluding hydrogens is 352 g/mol. The first-order valence-corrected chi connectivity index (χ1v) is 9.52. The van der Waals surface area contributed by atoms with E-state index in [1.165, 1.54) is 18.1 Å². The Balaban J connectivity index is 1.95. The fourth-order valence-electron chi connectivity index (χ4n) is 3.43. The van der Waals surface area contributed by atoms with Gasteiger partial charge in [0.25, 0.3) is 0 Å². The fourth-order valence-corrected chi connectivity index (χ4v) is 3.43. The molecule has 0 aliphatic rings. The third kappa shape index (κ3) is 4.01. The van der Waals surface area contributed by atoms with Crippen LogP contribution >= 0.6 is 0 Å². The molecule has 3 aromatic rings. The van der Waals surface area contributed by atoms with Crippen molar-refractivity contribution in [1.82, 2.24) is 0 Å². The number of aryl methyl sites for hydroxylation is 4. The lowest BCUT2D eigenvalue weighted by molar-refractivity contribution is -0.116. The van der Waals surface area contributed by atoms with Crippen molar-refractivity contribution in [2.75, 3.05) is 0 Å².